The molecule has 1 aliphatic rings. The Bertz CT molecular complexity index is 1020. The van der Waals surface area contributed by atoms with Gasteiger partial charge in [0.15, 0.2) is 11.5 Å². The Kier molecular flexibility index (Phi) is 6.30. The number of ether oxygens (including phenoxy) is 2. The second-order valence-corrected chi connectivity index (χ2v) is 8.21. The lowest BCUT2D eigenvalue weighted by Gasteiger charge is -2.33. The average Bonchev–Trinajstić information content (AvgIpc) is 3.19. The van der Waals surface area contributed by atoms with Crippen molar-refractivity contribution >= 4 is 33.5 Å². The van der Waals surface area contributed by atoms with Gasteiger partial charge < -0.3 is 14.4 Å². The molecular formula is C23H25N3O3S. The summed E-state index contributed by atoms with van der Waals surface area (Å²) in [7, 11) is 3.20. The maximum Gasteiger partial charge on any atom is 0.246 e. The summed E-state index contributed by atoms with van der Waals surface area (Å²) < 4.78 is 12.0. The van der Waals surface area contributed by atoms with E-state index >= 15 is 0 Å². The maximum absolute atomic E-state index is 12.6. The minimum absolute atomic E-state index is 0.0134. The number of rotatable bonds is 6. The number of thiazole rings is 1. The van der Waals surface area contributed by atoms with Gasteiger partial charge in [-0.15, -0.1) is 11.3 Å². The predicted molar refractivity (Wildman–Crippen MR) is 120 cm³/mol. The first-order chi connectivity index (χ1) is 14.7. The molecule has 0 unspecified atom stereocenters. The molecule has 0 radical (unpaired) electrons. The summed E-state index contributed by atoms with van der Waals surface area (Å²) in [5, 5.41) is 1.13. The van der Waals surface area contributed by atoms with E-state index in [1.165, 1.54) is 4.70 Å². The smallest absolute Gasteiger partial charge is 0.246 e. The average molecular weight is 424 g/mol. The van der Waals surface area contributed by atoms with Gasteiger partial charge in [-0.25, -0.2) is 4.98 Å². The largest absolute Gasteiger partial charge is 0.493 e. The van der Waals surface area contributed by atoms with Crippen LogP contribution in [0.3, 0.4) is 0 Å². The van der Waals surface area contributed by atoms with Crippen LogP contribution in [0.5, 0.6) is 11.5 Å². The summed E-state index contributed by atoms with van der Waals surface area (Å²) in [6.45, 7) is 3.95. The number of hydrogen-bond donors (Lipinski definition) is 0. The maximum atomic E-state index is 12.6. The zero-order chi connectivity index (χ0) is 20.9. The highest BCUT2D eigenvalue weighted by atomic mass is 32.1. The summed E-state index contributed by atoms with van der Waals surface area (Å²) in [6, 6.07) is 13.8. The molecule has 1 saturated heterocycles. The minimum atomic E-state index is 0.0134. The summed E-state index contributed by atoms with van der Waals surface area (Å²) in [5.41, 5.74) is 1.88. The Morgan fingerprint density at radius 1 is 1.07 bits per heavy atom. The van der Waals surface area contributed by atoms with E-state index in [0.29, 0.717) is 24.6 Å². The topological polar surface area (TPSA) is 54.9 Å². The highest BCUT2D eigenvalue weighted by molar-refractivity contribution is 7.18. The SMILES string of the molecule is COc1cccc(/C=C/C(=O)N2CCN(Cc3nc4ccccc4s3)CC2)c1OC. The molecule has 1 fully saturated rings. The molecule has 0 atom stereocenters. The van der Waals surface area contributed by atoms with Crippen molar-refractivity contribution in [1.29, 1.82) is 0 Å². The molecule has 6 nitrogen and oxygen atoms in total. The third-order valence-electron chi connectivity index (χ3n) is 5.22. The zero-order valence-corrected chi connectivity index (χ0v) is 18.0. The van der Waals surface area contributed by atoms with Crippen LogP contribution in [0.4, 0.5) is 0 Å². The Morgan fingerprint density at radius 3 is 2.60 bits per heavy atom. The molecular weight excluding hydrogens is 398 g/mol. The molecule has 0 saturated carbocycles. The highest BCUT2D eigenvalue weighted by Crippen LogP contribution is 2.31. The van der Waals surface area contributed by atoms with Gasteiger partial charge in [0.2, 0.25) is 5.91 Å². The fourth-order valence-corrected chi connectivity index (χ4v) is 4.62. The van der Waals surface area contributed by atoms with Crippen molar-refractivity contribution < 1.29 is 14.3 Å². The van der Waals surface area contributed by atoms with Gasteiger partial charge in [-0.05, 0) is 24.3 Å². The summed E-state index contributed by atoms with van der Waals surface area (Å²) in [4.78, 5) is 21.6. The first-order valence-electron chi connectivity index (χ1n) is 9.92. The van der Waals surface area contributed by atoms with Crippen LogP contribution in [0.15, 0.2) is 48.5 Å². The molecule has 4 rings (SSSR count). The molecule has 7 heteroatoms. The van der Waals surface area contributed by atoms with Gasteiger partial charge in [0.25, 0.3) is 0 Å². The van der Waals surface area contributed by atoms with E-state index in [4.69, 9.17) is 14.5 Å². The van der Waals surface area contributed by atoms with E-state index in [-0.39, 0.29) is 5.91 Å². The van der Waals surface area contributed by atoms with Crippen LogP contribution < -0.4 is 9.47 Å². The number of benzene rings is 2. The van der Waals surface area contributed by atoms with Crippen molar-refractivity contribution in [1.82, 2.24) is 14.8 Å². The van der Waals surface area contributed by atoms with Gasteiger partial charge in [0.1, 0.15) is 5.01 Å². The van der Waals surface area contributed by atoms with Crippen molar-refractivity contribution in [3.8, 4) is 11.5 Å². The van der Waals surface area contributed by atoms with Crippen molar-refractivity contribution in [2.45, 2.75) is 6.54 Å². The van der Waals surface area contributed by atoms with Gasteiger partial charge in [-0.1, -0.05) is 24.3 Å². The van der Waals surface area contributed by atoms with Crippen LogP contribution in [0.1, 0.15) is 10.6 Å². The van der Waals surface area contributed by atoms with Gasteiger partial charge in [-0.3, -0.25) is 9.69 Å². The summed E-state index contributed by atoms with van der Waals surface area (Å²) >= 11 is 1.74. The number of carbonyl (C=O) groups is 1. The minimum Gasteiger partial charge on any atom is -0.493 e. The molecule has 1 amide bonds. The number of piperazine rings is 1. The summed E-state index contributed by atoms with van der Waals surface area (Å²) in [6.07, 6.45) is 3.40. The second-order valence-electron chi connectivity index (χ2n) is 7.09. The fraction of sp³-hybridized carbons (Fsp3) is 0.304. The molecule has 0 bridgehead atoms. The number of nitrogens with zero attached hydrogens (tertiary/aromatic N) is 3. The van der Waals surface area contributed by atoms with Crippen LogP contribution in [0.2, 0.25) is 0 Å². The number of fused-ring (bicyclic) bond motifs is 1. The van der Waals surface area contributed by atoms with Crippen LogP contribution in [-0.2, 0) is 11.3 Å². The normalized spacial score (nSPS) is 15.1. The van der Waals surface area contributed by atoms with E-state index < -0.39 is 0 Å². The molecule has 0 aliphatic carbocycles. The summed E-state index contributed by atoms with van der Waals surface area (Å²) in [5.74, 6) is 1.29. The predicted octanol–water partition coefficient (Wildman–Crippen LogP) is 3.67. The van der Waals surface area contributed by atoms with Gasteiger partial charge >= 0.3 is 0 Å². The monoisotopic (exact) mass is 423 g/mol. The van der Waals surface area contributed by atoms with Gasteiger partial charge in [0, 0.05) is 37.8 Å². The van der Waals surface area contributed by atoms with Crippen LogP contribution in [0, 0.1) is 0 Å². The molecule has 2 aromatic carbocycles. The number of aromatic nitrogens is 1. The van der Waals surface area contributed by atoms with Crippen LogP contribution >= 0.6 is 11.3 Å². The van der Waals surface area contributed by atoms with Gasteiger partial charge in [0.05, 0.1) is 31.0 Å². The van der Waals surface area contributed by atoms with Crippen molar-refractivity contribution in [3.05, 3.63) is 59.1 Å². The first kappa shape index (κ1) is 20.4. The number of methoxy groups -OCH3 is 2. The van der Waals surface area contributed by atoms with E-state index in [9.17, 15) is 4.79 Å². The lowest BCUT2D eigenvalue weighted by atomic mass is 10.1. The standard InChI is InChI=1S/C23H25N3O3S/c1-28-19-8-5-6-17(23(19)29-2)10-11-22(27)26-14-12-25(13-15-26)16-21-24-18-7-3-4-9-20(18)30-21/h3-11H,12-16H2,1-2H3/b11-10+. The lowest BCUT2D eigenvalue weighted by Crippen LogP contribution is -2.47. The van der Waals surface area contributed by atoms with E-state index in [1.54, 1.807) is 37.7 Å². The third kappa shape index (κ3) is 4.47. The third-order valence-corrected chi connectivity index (χ3v) is 6.24. The fourth-order valence-electron chi connectivity index (χ4n) is 3.61. The molecule has 30 heavy (non-hydrogen) atoms. The molecule has 0 spiro atoms. The molecule has 3 aromatic rings. The van der Waals surface area contributed by atoms with E-state index in [0.717, 1.165) is 35.7 Å². The second kappa shape index (κ2) is 9.28. The number of carbonyl (C=O) groups excluding carboxylic acids is 1. The van der Waals surface area contributed by atoms with Gasteiger partial charge in [-0.2, -0.15) is 0 Å². The molecule has 156 valence electrons. The Hall–Kier alpha value is -2.90. The van der Waals surface area contributed by atoms with Crippen LogP contribution in [0.25, 0.3) is 16.3 Å². The Morgan fingerprint density at radius 2 is 1.87 bits per heavy atom. The van der Waals surface area contributed by atoms with Crippen molar-refractivity contribution in [2.75, 3.05) is 40.4 Å². The Labute approximate surface area is 180 Å². The van der Waals surface area contributed by atoms with E-state index in [2.05, 4.69) is 17.0 Å². The quantitative estimate of drug-likeness (QED) is 0.566. The number of para-hydroxylation sites is 2. The first-order valence-corrected chi connectivity index (χ1v) is 10.7. The molecule has 0 N–H and O–H groups in total. The molecule has 1 aromatic heterocycles. The van der Waals surface area contributed by atoms with Crippen molar-refractivity contribution in [2.24, 2.45) is 0 Å². The zero-order valence-electron chi connectivity index (χ0n) is 17.2. The lowest BCUT2D eigenvalue weighted by molar-refractivity contribution is -0.127. The molecule has 1 aliphatic heterocycles. The number of hydrogen-bond acceptors (Lipinski definition) is 6. The van der Waals surface area contributed by atoms with Crippen molar-refractivity contribution in [3.63, 3.8) is 0 Å². The number of amides is 1. The van der Waals surface area contributed by atoms with E-state index in [1.807, 2.05) is 35.2 Å². The highest BCUT2D eigenvalue weighted by Gasteiger charge is 2.20. The Balaban J connectivity index is 1.33. The molecule has 2 heterocycles. The van der Waals surface area contributed by atoms with Crippen LogP contribution in [-0.4, -0.2) is 61.1 Å².